The number of rotatable bonds is 5. The Labute approximate surface area is 116 Å². The van der Waals surface area contributed by atoms with E-state index < -0.39 is 0 Å². The summed E-state index contributed by atoms with van der Waals surface area (Å²) in [6.45, 7) is 0.846. The lowest BCUT2D eigenvalue weighted by Gasteiger charge is -2.21. The molecule has 0 saturated carbocycles. The normalized spacial score (nSPS) is 19.1. The molecule has 1 aliphatic heterocycles. The fourth-order valence-corrected chi connectivity index (χ4v) is 2.85. The molecule has 1 fully saturated rings. The van der Waals surface area contributed by atoms with Crippen molar-refractivity contribution in [1.82, 2.24) is 4.98 Å². The first kappa shape index (κ1) is 14.1. The summed E-state index contributed by atoms with van der Waals surface area (Å²) in [6, 6.07) is 3.38. The van der Waals surface area contributed by atoms with Gasteiger partial charge in [-0.05, 0) is 25.3 Å². The van der Waals surface area contributed by atoms with Crippen molar-refractivity contribution in [2.45, 2.75) is 30.4 Å². The monoisotopic (exact) mass is 284 g/mol. The average molecular weight is 284 g/mol. The number of nitrogen functional groups attached to an aromatic ring is 1. The second-order valence-electron chi connectivity index (χ2n) is 4.29. The smallest absolute Gasteiger partial charge is 0.358 e. The molecule has 104 valence electrons. The largest absolute Gasteiger partial charge is 0.378 e. The van der Waals surface area contributed by atoms with Crippen LogP contribution >= 0.6 is 11.8 Å². The molecule has 1 atom stereocenters. The van der Waals surface area contributed by atoms with Crippen molar-refractivity contribution in [3.05, 3.63) is 17.0 Å². The van der Waals surface area contributed by atoms with Crippen molar-refractivity contribution in [1.29, 1.82) is 0 Å². The average Bonchev–Trinajstić information content (AvgIpc) is 2.45. The molecule has 0 aliphatic carbocycles. The number of hydrogen-bond acceptors (Lipinski definition) is 6. The highest BCUT2D eigenvalue weighted by molar-refractivity contribution is 7.99. The van der Waals surface area contributed by atoms with Gasteiger partial charge in [-0.3, -0.25) is 0 Å². The van der Waals surface area contributed by atoms with Gasteiger partial charge in [0.1, 0.15) is 0 Å². The zero-order valence-electron chi connectivity index (χ0n) is 10.9. The molecule has 2 heterocycles. The predicted molar refractivity (Wildman–Crippen MR) is 73.3 cm³/mol. The SMILES string of the molecule is CO[N+](=O)c1ccc(SCC2CCCCO2)nc1N. The van der Waals surface area contributed by atoms with E-state index in [9.17, 15) is 4.91 Å². The Morgan fingerprint density at radius 3 is 3.05 bits per heavy atom. The predicted octanol–water partition coefficient (Wildman–Crippen LogP) is 2.30. The summed E-state index contributed by atoms with van der Waals surface area (Å²) >= 11 is 1.59. The van der Waals surface area contributed by atoms with Crippen LogP contribution in [0, 0.1) is 4.91 Å². The summed E-state index contributed by atoms with van der Waals surface area (Å²) in [5, 5.41) is 0.792. The molecule has 0 spiro atoms. The second-order valence-corrected chi connectivity index (χ2v) is 5.33. The second kappa shape index (κ2) is 6.72. The van der Waals surface area contributed by atoms with E-state index in [1.807, 2.05) is 0 Å². The van der Waals surface area contributed by atoms with Gasteiger partial charge in [0.05, 0.1) is 16.0 Å². The molecule has 0 amide bonds. The number of anilines is 1. The van der Waals surface area contributed by atoms with Gasteiger partial charge < -0.3 is 10.5 Å². The van der Waals surface area contributed by atoms with E-state index in [1.165, 1.54) is 13.5 Å². The van der Waals surface area contributed by atoms with Crippen molar-refractivity contribution < 1.29 is 14.5 Å². The first-order chi connectivity index (χ1) is 9.20. The minimum Gasteiger partial charge on any atom is -0.378 e. The van der Waals surface area contributed by atoms with Gasteiger partial charge in [-0.25, -0.2) is 9.82 Å². The molecule has 0 aromatic carbocycles. The number of pyridine rings is 1. The molecule has 2 rings (SSSR count). The van der Waals surface area contributed by atoms with E-state index in [0.717, 1.165) is 30.2 Å². The number of nitrogens with two attached hydrogens (primary N) is 1. The summed E-state index contributed by atoms with van der Waals surface area (Å²) in [7, 11) is 1.29. The Bertz CT molecular complexity index is 450. The highest BCUT2D eigenvalue weighted by Gasteiger charge is 2.21. The molecule has 2 N–H and O–H groups in total. The highest BCUT2D eigenvalue weighted by atomic mass is 32.2. The lowest BCUT2D eigenvalue weighted by molar-refractivity contribution is -0.736. The van der Waals surface area contributed by atoms with E-state index in [-0.39, 0.29) is 17.6 Å². The zero-order chi connectivity index (χ0) is 13.7. The van der Waals surface area contributed by atoms with Crippen LogP contribution in [0.1, 0.15) is 19.3 Å². The number of nitrogens with zero attached hydrogens (tertiary/aromatic N) is 2. The van der Waals surface area contributed by atoms with Crippen molar-refractivity contribution in [2.24, 2.45) is 0 Å². The molecular weight excluding hydrogens is 266 g/mol. The standard InChI is InChI=1S/C12H18N3O3S/c1-17-15(16)10-5-6-11(14-12(10)13)19-8-9-4-2-3-7-18-9/h5-6,9H,2-4,7-8H2,1H3,(H2,13,14)/q+1. The molecule has 1 aliphatic rings. The van der Waals surface area contributed by atoms with Gasteiger partial charge in [0.25, 0.3) is 4.92 Å². The molecule has 1 unspecified atom stereocenters. The third kappa shape index (κ3) is 3.81. The number of aromatic nitrogens is 1. The lowest BCUT2D eigenvalue weighted by atomic mass is 10.1. The van der Waals surface area contributed by atoms with Gasteiger partial charge in [0.2, 0.25) is 5.82 Å². The lowest BCUT2D eigenvalue weighted by Crippen LogP contribution is -2.21. The molecule has 1 saturated heterocycles. The van der Waals surface area contributed by atoms with Crippen LogP contribution in [0.25, 0.3) is 0 Å². The first-order valence-corrected chi connectivity index (χ1v) is 7.21. The maximum atomic E-state index is 11.3. The summed E-state index contributed by atoms with van der Waals surface area (Å²) in [5.41, 5.74) is 5.95. The van der Waals surface area contributed by atoms with Crippen molar-refractivity contribution in [2.75, 3.05) is 25.2 Å². The fraction of sp³-hybridized carbons (Fsp3) is 0.583. The van der Waals surface area contributed by atoms with Crippen LogP contribution in [0.3, 0.4) is 0 Å². The van der Waals surface area contributed by atoms with Gasteiger partial charge in [-0.15, -0.1) is 11.8 Å². The van der Waals surface area contributed by atoms with Crippen LogP contribution in [0.2, 0.25) is 0 Å². The summed E-state index contributed by atoms with van der Waals surface area (Å²) in [5.74, 6) is 1.03. The highest BCUT2D eigenvalue weighted by Crippen LogP contribution is 2.26. The fourth-order valence-electron chi connectivity index (χ4n) is 1.90. The van der Waals surface area contributed by atoms with Gasteiger partial charge >= 0.3 is 5.69 Å². The van der Waals surface area contributed by atoms with E-state index in [4.69, 9.17) is 10.5 Å². The van der Waals surface area contributed by atoms with Crippen LogP contribution in [-0.2, 0) is 9.57 Å². The summed E-state index contributed by atoms with van der Waals surface area (Å²) in [6.07, 6.45) is 3.76. The Balaban J connectivity index is 1.94. The van der Waals surface area contributed by atoms with Gasteiger partial charge in [0, 0.05) is 18.4 Å². The zero-order valence-corrected chi connectivity index (χ0v) is 11.7. The topological polar surface area (TPSA) is 77.5 Å². The van der Waals surface area contributed by atoms with Crippen LogP contribution in [0.15, 0.2) is 17.2 Å². The molecule has 19 heavy (non-hydrogen) atoms. The third-order valence-electron chi connectivity index (χ3n) is 2.93. The van der Waals surface area contributed by atoms with Crippen LogP contribution < -0.4 is 5.73 Å². The third-order valence-corrected chi connectivity index (χ3v) is 3.99. The minimum atomic E-state index is 0.173. The van der Waals surface area contributed by atoms with Crippen molar-refractivity contribution in [3.63, 3.8) is 0 Å². The molecule has 1 aromatic rings. The molecular formula is C12H18N3O3S+. The van der Waals surface area contributed by atoms with E-state index in [0.29, 0.717) is 4.92 Å². The van der Waals surface area contributed by atoms with E-state index in [1.54, 1.807) is 23.9 Å². The Morgan fingerprint density at radius 2 is 2.42 bits per heavy atom. The van der Waals surface area contributed by atoms with Crippen molar-refractivity contribution >= 4 is 23.3 Å². The number of ether oxygens (including phenoxy) is 1. The molecule has 1 aromatic heterocycles. The summed E-state index contributed by atoms with van der Waals surface area (Å²) in [4.78, 5) is 20.4. The van der Waals surface area contributed by atoms with Crippen LogP contribution in [0.5, 0.6) is 0 Å². The van der Waals surface area contributed by atoms with Crippen LogP contribution in [-0.4, -0.2) is 35.5 Å². The molecule has 0 bridgehead atoms. The van der Waals surface area contributed by atoms with Gasteiger partial charge in [-0.1, -0.05) is 0 Å². The van der Waals surface area contributed by atoms with Gasteiger partial charge in [0.15, 0.2) is 7.11 Å². The Kier molecular flexibility index (Phi) is 4.98. The molecule has 7 heteroatoms. The number of hydrogen-bond donors (Lipinski definition) is 1. The Morgan fingerprint density at radius 1 is 1.58 bits per heavy atom. The quantitative estimate of drug-likeness (QED) is 0.660. The van der Waals surface area contributed by atoms with E-state index >= 15 is 0 Å². The van der Waals surface area contributed by atoms with E-state index in [2.05, 4.69) is 9.82 Å². The van der Waals surface area contributed by atoms with Crippen LogP contribution in [0.4, 0.5) is 11.5 Å². The Hall–Kier alpha value is -1.34. The molecule has 6 nitrogen and oxygen atoms in total. The molecule has 0 radical (unpaired) electrons. The summed E-state index contributed by atoms with van der Waals surface area (Å²) < 4.78 is 5.65. The maximum Gasteiger partial charge on any atom is 0.358 e. The maximum absolute atomic E-state index is 11.3. The van der Waals surface area contributed by atoms with Gasteiger partial charge in [-0.2, -0.15) is 0 Å². The van der Waals surface area contributed by atoms with Crippen molar-refractivity contribution in [3.8, 4) is 0 Å². The first-order valence-electron chi connectivity index (χ1n) is 6.23. The number of thioether (sulfide) groups is 1. The minimum absolute atomic E-state index is 0.173.